The van der Waals surface area contributed by atoms with E-state index in [2.05, 4.69) is 19.2 Å². The maximum Gasteiger partial charge on any atom is 0.223 e. The Morgan fingerprint density at radius 2 is 1.88 bits per heavy atom. The molecule has 0 unspecified atom stereocenters. The molecule has 1 N–H and O–H groups in total. The number of carbonyl (C=O) groups is 1. The molecule has 0 saturated carbocycles. The molecule has 0 aliphatic heterocycles. The molecular formula is C14H21NO2. The molecular weight excluding hydrogens is 214 g/mol. The number of rotatable bonds is 6. The summed E-state index contributed by atoms with van der Waals surface area (Å²) in [4.78, 5) is 11.6. The van der Waals surface area contributed by atoms with Gasteiger partial charge in [0, 0.05) is 6.04 Å². The Labute approximate surface area is 103 Å². The zero-order valence-corrected chi connectivity index (χ0v) is 10.8. The van der Waals surface area contributed by atoms with Crippen molar-refractivity contribution in [2.75, 3.05) is 6.61 Å². The van der Waals surface area contributed by atoms with Crippen LogP contribution in [0.1, 0.15) is 27.2 Å². The van der Waals surface area contributed by atoms with Crippen LogP contribution in [0.4, 0.5) is 0 Å². The predicted octanol–water partition coefficient (Wildman–Crippen LogP) is 2.62. The molecule has 17 heavy (non-hydrogen) atoms. The van der Waals surface area contributed by atoms with E-state index >= 15 is 0 Å². The molecule has 0 radical (unpaired) electrons. The van der Waals surface area contributed by atoms with Gasteiger partial charge < -0.3 is 10.1 Å². The molecule has 0 saturated heterocycles. The molecule has 0 fully saturated rings. The average Bonchev–Trinajstić information content (AvgIpc) is 2.30. The fraction of sp³-hybridized carbons (Fsp3) is 0.500. The van der Waals surface area contributed by atoms with E-state index in [9.17, 15) is 4.79 Å². The lowest BCUT2D eigenvalue weighted by molar-refractivity contribution is -0.122. The highest BCUT2D eigenvalue weighted by Gasteiger charge is 2.10. The first kappa shape index (κ1) is 13.6. The molecule has 0 aliphatic rings. The molecule has 0 aromatic heterocycles. The zero-order chi connectivity index (χ0) is 12.7. The van der Waals surface area contributed by atoms with Crippen molar-refractivity contribution in [3.8, 4) is 5.75 Å². The van der Waals surface area contributed by atoms with Crippen LogP contribution in [0.2, 0.25) is 0 Å². The van der Waals surface area contributed by atoms with Crippen LogP contribution in [-0.4, -0.2) is 18.6 Å². The Morgan fingerprint density at radius 1 is 1.24 bits per heavy atom. The Hall–Kier alpha value is -1.51. The van der Waals surface area contributed by atoms with Crippen molar-refractivity contribution >= 4 is 5.91 Å². The monoisotopic (exact) mass is 235 g/mol. The number of benzene rings is 1. The lowest BCUT2D eigenvalue weighted by Gasteiger charge is -2.17. The topological polar surface area (TPSA) is 38.3 Å². The molecule has 0 aliphatic carbocycles. The van der Waals surface area contributed by atoms with E-state index < -0.39 is 0 Å². The quantitative estimate of drug-likeness (QED) is 0.823. The molecule has 3 heteroatoms. The second-order valence-electron chi connectivity index (χ2n) is 4.51. The summed E-state index contributed by atoms with van der Waals surface area (Å²) in [5.41, 5.74) is 0. The van der Waals surface area contributed by atoms with E-state index in [1.807, 2.05) is 37.3 Å². The van der Waals surface area contributed by atoms with Crippen molar-refractivity contribution in [2.24, 2.45) is 5.92 Å². The van der Waals surface area contributed by atoms with Gasteiger partial charge in [-0.15, -0.1) is 0 Å². The SMILES string of the molecule is CC(C)[C@@H](C)NC(=O)CCOc1ccccc1. The first-order chi connectivity index (χ1) is 8.09. The average molecular weight is 235 g/mol. The summed E-state index contributed by atoms with van der Waals surface area (Å²) >= 11 is 0. The van der Waals surface area contributed by atoms with Crippen LogP contribution < -0.4 is 10.1 Å². The second-order valence-corrected chi connectivity index (χ2v) is 4.51. The van der Waals surface area contributed by atoms with Crippen LogP contribution in [0.3, 0.4) is 0 Å². The van der Waals surface area contributed by atoms with E-state index in [0.717, 1.165) is 5.75 Å². The van der Waals surface area contributed by atoms with Crippen molar-refractivity contribution in [3.05, 3.63) is 30.3 Å². The van der Waals surface area contributed by atoms with Crippen LogP contribution in [0.5, 0.6) is 5.75 Å². The summed E-state index contributed by atoms with van der Waals surface area (Å²) in [6.45, 7) is 6.61. The van der Waals surface area contributed by atoms with Crippen LogP contribution in [0.25, 0.3) is 0 Å². The molecule has 1 rings (SSSR count). The molecule has 3 nitrogen and oxygen atoms in total. The third kappa shape index (κ3) is 5.38. The predicted molar refractivity (Wildman–Crippen MR) is 69.0 cm³/mol. The van der Waals surface area contributed by atoms with Crippen molar-refractivity contribution in [2.45, 2.75) is 33.2 Å². The van der Waals surface area contributed by atoms with Gasteiger partial charge in [-0.1, -0.05) is 32.0 Å². The minimum absolute atomic E-state index is 0.0436. The van der Waals surface area contributed by atoms with Gasteiger partial charge in [0.1, 0.15) is 5.75 Å². The van der Waals surface area contributed by atoms with Crippen molar-refractivity contribution in [1.29, 1.82) is 0 Å². The fourth-order valence-electron chi connectivity index (χ4n) is 1.27. The summed E-state index contributed by atoms with van der Waals surface area (Å²) < 4.78 is 5.46. The van der Waals surface area contributed by atoms with Gasteiger partial charge in [-0.3, -0.25) is 4.79 Å². The van der Waals surface area contributed by atoms with Crippen molar-refractivity contribution in [3.63, 3.8) is 0 Å². The number of hydrogen-bond acceptors (Lipinski definition) is 2. The minimum Gasteiger partial charge on any atom is -0.493 e. The number of carbonyl (C=O) groups excluding carboxylic acids is 1. The smallest absolute Gasteiger partial charge is 0.223 e. The van der Waals surface area contributed by atoms with Gasteiger partial charge in [0.05, 0.1) is 13.0 Å². The largest absolute Gasteiger partial charge is 0.493 e. The Bertz CT molecular complexity index is 335. The zero-order valence-electron chi connectivity index (χ0n) is 10.8. The van der Waals surface area contributed by atoms with E-state index in [-0.39, 0.29) is 11.9 Å². The Kier molecular flexibility index (Phi) is 5.53. The van der Waals surface area contributed by atoms with Gasteiger partial charge in [-0.25, -0.2) is 0 Å². The fourth-order valence-corrected chi connectivity index (χ4v) is 1.27. The molecule has 0 heterocycles. The molecule has 0 spiro atoms. The third-order valence-corrected chi connectivity index (χ3v) is 2.73. The van der Waals surface area contributed by atoms with Crippen molar-refractivity contribution in [1.82, 2.24) is 5.32 Å². The van der Waals surface area contributed by atoms with Gasteiger partial charge in [-0.2, -0.15) is 0 Å². The summed E-state index contributed by atoms with van der Waals surface area (Å²) in [5.74, 6) is 1.30. The number of para-hydroxylation sites is 1. The molecule has 1 atom stereocenters. The van der Waals surface area contributed by atoms with Crippen LogP contribution in [0.15, 0.2) is 30.3 Å². The number of hydrogen-bond donors (Lipinski definition) is 1. The molecule has 1 aromatic rings. The van der Waals surface area contributed by atoms with Gasteiger partial charge in [0.15, 0.2) is 0 Å². The van der Waals surface area contributed by atoms with E-state index in [1.165, 1.54) is 0 Å². The normalized spacial score (nSPS) is 12.2. The number of nitrogens with one attached hydrogen (secondary N) is 1. The summed E-state index contributed by atoms with van der Waals surface area (Å²) in [6.07, 6.45) is 0.395. The maximum atomic E-state index is 11.6. The number of ether oxygens (including phenoxy) is 1. The molecule has 0 bridgehead atoms. The lowest BCUT2D eigenvalue weighted by atomic mass is 10.1. The maximum absolute atomic E-state index is 11.6. The van der Waals surface area contributed by atoms with E-state index in [1.54, 1.807) is 0 Å². The molecule has 94 valence electrons. The molecule has 1 aromatic carbocycles. The number of amides is 1. The standard InChI is InChI=1S/C14H21NO2/c1-11(2)12(3)15-14(16)9-10-17-13-7-5-4-6-8-13/h4-8,11-12H,9-10H2,1-3H3,(H,15,16)/t12-/m1/s1. The first-order valence-corrected chi connectivity index (χ1v) is 6.07. The lowest BCUT2D eigenvalue weighted by Crippen LogP contribution is -2.36. The highest BCUT2D eigenvalue weighted by Crippen LogP contribution is 2.08. The van der Waals surface area contributed by atoms with Gasteiger partial charge in [0.2, 0.25) is 5.91 Å². The summed E-state index contributed by atoms with van der Waals surface area (Å²) in [6, 6.07) is 9.74. The van der Waals surface area contributed by atoms with Gasteiger partial charge in [0.25, 0.3) is 0 Å². The van der Waals surface area contributed by atoms with Crippen molar-refractivity contribution < 1.29 is 9.53 Å². The summed E-state index contributed by atoms with van der Waals surface area (Å²) in [7, 11) is 0. The van der Waals surface area contributed by atoms with E-state index in [4.69, 9.17) is 4.74 Å². The molecule has 1 amide bonds. The first-order valence-electron chi connectivity index (χ1n) is 6.07. The van der Waals surface area contributed by atoms with E-state index in [0.29, 0.717) is 18.9 Å². The van der Waals surface area contributed by atoms with Crippen LogP contribution in [0, 0.1) is 5.92 Å². The minimum atomic E-state index is 0.0436. The highest BCUT2D eigenvalue weighted by molar-refractivity contribution is 5.76. The Balaban J connectivity index is 2.21. The Morgan fingerprint density at radius 3 is 2.47 bits per heavy atom. The summed E-state index contributed by atoms with van der Waals surface area (Å²) in [5, 5.41) is 2.95. The van der Waals surface area contributed by atoms with Gasteiger partial charge in [-0.05, 0) is 25.0 Å². The third-order valence-electron chi connectivity index (χ3n) is 2.73. The van der Waals surface area contributed by atoms with Crippen LogP contribution >= 0.6 is 0 Å². The van der Waals surface area contributed by atoms with Gasteiger partial charge >= 0.3 is 0 Å². The second kappa shape index (κ2) is 6.94. The highest BCUT2D eigenvalue weighted by atomic mass is 16.5. The van der Waals surface area contributed by atoms with Crippen LogP contribution in [-0.2, 0) is 4.79 Å².